The maximum Gasteiger partial charge on any atom is 0.0351 e. The summed E-state index contributed by atoms with van der Waals surface area (Å²) < 4.78 is 0. The smallest absolute Gasteiger partial charge is 0.0351 e. The molecule has 0 aromatic heterocycles. The standard InChI is InChI=1S/C9H19ClN2/c1-11(7-5-10)8-9-4-3-6-12(9)2/h9H,3-8H2,1-2H3. The third-order valence-corrected chi connectivity index (χ3v) is 2.83. The number of rotatable bonds is 4. The molecule has 1 fully saturated rings. The average molecular weight is 191 g/mol. The van der Waals surface area contributed by atoms with Crippen LogP contribution in [-0.2, 0) is 0 Å². The molecule has 0 N–H and O–H groups in total. The number of alkyl halides is 1. The summed E-state index contributed by atoms with van der Waals surface area (Å²) in [5.41, 5.74) is 0. The number of hydrogen-bond donors (Lipinski definition) is 0. The van der Waals surface area contributed by atoms with Crippen molar-refractivity contribution in [3.05, 3.63) is 0 Å². The first-order valence-corrected chi connectivity index (χ1v) is 5.22. The average Bonchev–Trinajstić information content (AvgIpc) is 2.37. The van der Waals surface area contributed by atoms with Crippen LogP contribution in [0.15, 0.2) is 0 Å². The fraction of sp³-hybridized carbons (Fsp3) is 1.00. The zero-order chi connectivity index (χ0) is 8.97. The van der Waals surface area contributed by atoms with Crippen molar-refractivity contribution < 1.29 is 0 Å². The van der Waals surface area contributed by atoms with E-state index in [4.69, 9.17) is 11.6 Å². The molecule has 12 heavy (non-hydrogen) atoms. The molecular weight excluding hydrogens is 172 g/mol. The summed E-state index contributed by atoms with van der Waals surface area (Å²) in [4.78, 5) is 4.77. The minimum atomic E-state index is 0.743. The Morgan fingerprint density at radius 2 is 2.33 bits per heavy atom. The van der Waals surface area contributed by atoms with Crippen molar-refractivity contribution in [2.45, 2.75) is 18.9 Å². The Bertz CT molecular complexity index is 130. The number of hydrogen-bond acceptors (Lipinski definition) is 2. The van der Waals surface area contributed by atoms with Crippen LogP contribution >= 0.6 is 11.6 Å². The van der Waals surface area contributed by atoms with E-state index < -0.39 is 0 Å². The molecule has 0 radical (unpaired) electrons. The van der Waals surface area contributed by atoms with E-state index in [1.165, 1.54) is 25.9 Å². The molecule has 3 heteroatoms. The van der Waals surface area contributed by atoms with Gasteiger partial charge in [0.05, 0.1) is 0 Å². The first kappa shape index (κ1) is 10.3. The maximum absolute atomic E-state index is 5.66. The fourth-order valence-corrected chi connectivity index (χ4v) is 2.09. The highest BCUT2D eigenvalue weighted by atomic mass is 35.5. The van der Waals surface area contributed by atoms with Gasteiger partial charge in [0.2, 0.25) is 0 Å². The van der Waals surface area contributed by atoms with Gasteiger partial charge in [-0.3, -0.25) is 0 Å². The van der Waals surface area contributed by atoms with Gasteiger partial charge in [0.25, 0.3) is 0 Å². The van der Waals surface area contributed by atoms with Crippen LogP contribution in [0, 0.1) is 0 Å². The molecule has 0 saturated carbocycles. The van der Waals surface area contributed by atoms with Gasteiger partial charge in [-0.25, -0.2) is 0 Å². The second-order valence-corrected chi connectivity index (χ2v) is 4.11. The molecule has 0 aromatic rings. The Morgan fingerprint density at radius 1 is 1.58 bits per heavy atom. The molecule has 2 nitrogen and oxygen atoms in total. The van der Waals surface area contributed by atoms with Gasteiger partial charge in [0.15, 0.2) is 0 Å². The van der Waals surface area contributed by atoms with Gasteiger partial charge in [-0.05, 0) is 33.5 Å². The van der Waals surface area contributed by atoms with Gasteiger partial charge in [0, 0.05) is 25.0 Å². The van der Waals surface area contributed by atoms with Crippen molar-refractivity contribution >= 4 is 11.6 Å². The summed E-state index contributed by atoms with van der Waals surface area (Å²) in [5, 5.41) is 0. The highest BCUT2D eigenvalue weighted by Gasteiger charge is 2.21. The number of likely N-dealkylation sites (tertiary alicyclic amines) is 1. The molecule has 1 saturated heterocycles. The Balaban J connectivity index is 2.20. The Morgan fingerprint density at radius 3 is 2.83 bits per heavy atom. The van der Waals surface area contributed by atoms with Crippen LogP contribution < -0.4 is 0 Å². The van der Waals surface area contributed by atoms with Crippen LogP contribution in [0.25, 0.3) is 0 Å². The van der Waals surface area contributed by atoms with Gasteiger partial charge in [-0.15, -0.1) is 11.6 Å². The molecule has 0 spiro atoms. The largest absolute Gasteiger partial charge is 0.304 e. The van der Waals surface area contributed by atoms with Crippen LogP contribution in [0.5, 0.6) is 0 Å². The van der Waals surface area contributed by atoms with Gasteiger partial charge < -0.3 is 9.80 Å². The molecule has 1 unspecified atom stereocenters. The zero-order valence-electron chi connectivity index (χ0n) is 8.09. The lowest BCUT2D eigenvalue weighted by molar-refractivity contribution is 0.227. The number of nitrogens with zero attached hydrogens (tertiary/aromatic N) is 2. The van der Waals surface area contributed by atoms with Crippen molar-refractivity contribution in [3.8, 4) is 0 Å². The first-order chi connectivity index (χ1) is 5.74. The highest BCUT2D eigenvalue weighted by Crippen LogP contribution is 2.15. The Kier molecular flexibility index (Phi) is 4.33. The van der Waals surface area contributed by atoms with Crippen molar-refractivity contribution in [2.75, 3.05) is 39.6 Å². The fourth-order valence-electron chi connectivity index (χ4n) is 1.81. The van der Waals surface area contributed by atoms with Crippen molar-refractivity contribution in [1.29, 1.82) is 0 Å². The minimum Gasteiger partial charge on any atom is -0.304 e. The van der Waals surface area contributed by atoms with Gasteiger partial charge in [0.1, 0.15) is 0 Å². The summed E-state index contributed by atoms with van der Waals surface area (Å²) in [6.07, 6.45) is 2.71. The van der Waals surface area contributed by atoms with E-state index in [9.17, 15) is 0 Å². The van der Waals surface area contributed by atoms with Crippen molar-refractivity contribution in [1.82, 2.24) is 9.80 Å². The monoisotopic (exact) mass is 190 g/mol. The van der Waals surface area contributed by atoms with Crippen molar-refractivity contribution in [3.63, 3.8) is 0 Å². The van der Waals surface area contributed by atoms with Crippen molar-refractivity contribution in [2.24, 2.45) is 0 Å². The Hall–Kier alpha value is 0.210. The Labute approximate surface area is 80.5 Å². The normalized spacial score (nSPS) is 25.5. The molecule has 1 atom stereocenters. The van der Waals surface area contributed by atoms with Crippen LogP contribution in [0.2, 0.25) is 0 Å². The molecule has 1 rings (SSSR count). The number of halogens is 1. The SMILES string of the molecule is CN(CCCl)CC1CCCN1C. The molecule has 72 valence electrons. The zero-order valence-corrected chi connectivity index (χ0v) is 8.85. The lowest BCUT2D eigenvalue weighted by atomic mass is 10.2. The van der Waals surface area contributed by atoms with E-state index in [1.807, 2.05) is 0 Å². The molecule has 1 heterocycles. The molecule has 0 aliphatic carbocycles. The van der Waals surface area contributed by atoms with E-state index in [2.05, 4.69) is 23.9 Å². The second-order valence-electron chi connectivity index (χ2n) is 3.73. The van der Waals surface area contributed by atoms with E-state index in [1.54, 1.807) is 0 Å². The van der Waals surface area contributed by atoms with Gasteiger partial charge >= 0.3 is 0 Å². The predicted octanol–water partition coefficient (Wildman–Crippen LogP) is 1.25. The van der Waals surface area contributed by atoms with E-state index in [-0.39, 0.29) is 0 Å². The third kappa shape index (κ3) is 2.92. The molecule has 0 bridgehead atoms. The molecule has 1 aliphatic heterocycles. The summed E-state index contributed by atoms with van der Waals surface area (Å²) in [6.45, 7) is 3.44. The van der Waals surface area contributed by atoms with Crippen LogP contribution in [0.3, 0.4) is 0 Å². The summed E-state index contributed by atoms with van der Waals surface area (Å²) >= 11 is 5.66. The lowest BCUT2D eigenvalue weighted by Gasteiger charge is -2.24. The number of likely N-dealkylation sites (N-methyl/N-ethyl adjacent to an activating group) is 2. The van der Waals surface area contributed by atoms with E-state index in [0.717, 1.165) is 18.5 Å². The summed E-state index contributed by atoms with van der Waals surface area (Å²) in [6, 6.07) is 0.762. The second kappa shape index (κ2) is 5.05. The van der Waals surface area contributed by atoms with Crippen LogP contribution in [-0.4, -0.2) is 55.5 Å². The maximum atomic E-state index is 5.66. The van der Waals surface area contributed by atoms with Crippen LogP contribution in [0.1, 0.15) is 12.8 Å². The van der Waals surface area contributed by atoms with Gasteiger partial charge in [-0.1, -0.05) is 0 Å². The quantitative estimate of drug-likeness (QED) is 0.616. The topological polar surface area (TPSA) is 6.48 Å². The minimum absolute atomic E-state index is 0.743. The first-order valence-electron chi connectivity index (χ1n) is 4.69. The van der Waals surface area contributed by atoms with Crippen LogP contribution in [0.4, 0.5) is 0 Å². The molecule has 0 aromatic carbocycles. The highest BCUT2D eigenvalue weighted by molar-refractivity contribution is 6.18. The molecular formula is C9H19ClN2. The molecule has 1 aliphatic rings. The molecule has 0 amide bonds. The summed E-state index contributed by atoms with van der Waals surface area (Å²) in [5.74, 6) is 0.743. The summed E-state index contributed by atoms with van der Waals surface area (Å²) in [7, 11) is 4.36. The van der Waals surface area contributed by atoms with E-state index in [0.29, 0.717) is 0 Å². The van der Waals surface area contributed by atoms with E-state index >= 15 is 0 Å². The lowest BCUT2D eigenvalue weighted by Crippen LogP contribution is -2.37. The van der Waals surface area contributed by atoms with Gasteiger partial charge in [-0.2, -0.15) is 0 Å². The predicted molar refractivity (Wildman–Crippen MR) is 53.9 cm³/mol. The third-order valence-electron chi connectivity index (χ3n) is 2.66.